The second kappa shape index (κ2) is 5.50. The van der Waals surface area contributed by atoms with Crippen molar-refractivity contribution in [1.82, 2.24) is 0 Å². The number of rotatable bonds is 3. The third-order valence-electron chi connectivity index (χ3n) is 3.71. The van der Waals surface area contributed by atoms with E-state index in [1.807, 2.05) is 13.0 Å². The first-order chi connectivity index (χ1) is 8.14. The summed E-state index contributed by atoms with van der Waals surface area (Å²) in [6, 6.07) is 6.49. The summed E-state index contributed by atoms with van der Waals surface area (Å²) in [7, 11) is 2.09. The third kappa shape index (κ3) is 3.39. The molecule has 0 fully saturated rings. The highest BCUT2D eigenvalue weighted by molar-refractivity contribution is 6.33. The van der Waals surface area contributed by atoms with Crippen LogP contribution >= 0.6 is 11.6 Å². The van der Waals surface area contributed by atoms with Gasteiger partial charge >= 0.3 is 0 Å². The molecule has 0 aromatic heterocycles. The van der Waals surface area contributed by atoms with Crippen molar-refractivity contribution < 1.29 is 0 Å². The Kier molecular flexibility index (Phi) is 4.68. The first kappa shape index (κ1) is 15.3. The number of halogens is 1. The van der Waals surface area contributed by atoms with Crippen molar-refractivity contribution in [2.75, 3.05) is 11.9 Å². The number of hydrogen-bond donors (Lipinski definition) is 1. The minimum Gasteiger partial charge on any atom is -0.370 e. The maximum Gasteiger partial charge on any atom is 0.0642 e. The Morgan fingerprint density at radius 3 is 2.17 bits per heavy atom. The van der Waals surface area contributed by atoms with Crippen molar-refractivity contribution in [3.63, 3.8) is 0 Å². The summed E-state index contributed by atoms with van der Waals surface area (Å²) >= 11 is 6.37. The molecule has 2 unspecified atom stereocenters. The van der Waals surface area contributed by atoms with Gasteiger partial charge in [-0.15, -0.1) is 0 Å². The van der Waals surface area contributed by atoms with Gasteiger partial charge in [-0.05, 0) is 37.0 Å². The highest BCUT2D eigenvalue weighted by Gasteiger charge is 2.25. The first-order valence-electron chi connectivity index (χ1n) is 6.42. The normalized spacial score (nSPS) is 15.3. The van der Waals surface area contributed by atoms with E-state index in [1.165, 1.54) is 0 Å². The van der Waals surface area contributed by atoms with E-state index in [0.717, 1.165) is 16.3 Å². The second-order valence-corrected chi connectivity index (χ2v) is 6.56. The van der Waals surface area contributed by atoms with Crippen molar-refractivity contribution >= 4 is 17.3 Å². The van der Waals surface area contributed by atoms with Gasteiger partial charge in [-0.3, -0.25) is 0 Å². The standard InChI is InChI=1S/C15H25ClN2/c1-10(17)12-7-8-14(13(16)9-12)18(6)11(2)15(3,4)5/h7-11H,17H2,1-6H3. The molecule has 0 saturated heterocycles. The van der Waals surface area contributed by atoms with Crippen molar-refractivity contribution in [3.05, 3.63) is 28.8 Å². The lowest BCUT2D eigenvalue weighted by Crippen LogP contribution is -2.39. The number of anilines is 1. The molecule has 1 rings (SSSR count). The first-order valence-corrected chi connectivity index (χ1v) is 6.80. The zero-order valence-corrected chi connectivity index (χ0v) is 13.0. The fourth-order valence-corrected chi connectivity index (χ4v) is 2.20. The zero-order valence-electron chi connectivity index (χ0n) is 12.3. The molecule has 0 radical (unpaired) electrons. The maximum absolute atomic E-state index is 6.37. The summed E-state index contributed by atoms with van der Waals surface area (Å²) in [4.78, 5) is 2.23. The van der Waals surface area contributed by atoms with Crippen LogP contribution in [0.3, 0.4) is 0 Å². The lowest BCUT2D eigenvalue weighted by atomic mass is 9.87. The van der Waals surface area contributed by atoms with Crippen LogP contribution in [0.2, 0.25) is 5.02 Å². The Morgan fingerprint density at radius 1 is 1.22 bits per heavy atom. The molecule has 0 bridgehead atoms. The van der Waals surface area contributed by atoms with Gasteiger partial charge in [0.25, 0.3) is 0 Å². The molecule has 0 spiro atoms. The van der Waals surface area contributed by atoms with Crippen LogP contribution in [0, 0.1) is 5.41 Å². The van der Waals surface area contributed by atoms with E-state index >= 15 is 0 Å². The Morgan fingerprint density at radius 2 is 1.78 bits per heavy atom. The van der Waals surface area contributed by atoms with Gasteiger partial charge < -0.3 is 10.6 Å². The van der Waals surface area contributed by atoms with E-state index in [0.29, 0.717) is 6.04 Å². The van der Waals surface area contributed by atoms with Crippen LogP contribution in [0.5, 0.6) is 0 Å². The van der Waals surface area contributed by atoms with Gasteiger partial charge in [-0.2, -0.15) is 0 Å². The van der Waals surface area contributed by atoms with Crippen LogP contribution in [0.1, 0.15) is 46.2 Å². The van der Waals surface area contributed by atoms with E-state index in [4.69, 9.17) is 17.3 Å². The summed E-state index contributed by atoms with van der Waals surface area (Å²) < 4.78 is 0. The molecule has 0 amide bonds. The lowest BCUT2D eigenvalue weighted by molar-refractivity contribution is 0.330. The van der Waals surface area contributed by atoms with Crippen molar-refractivity contribution in [3.8, 4) is 0 Å². The summed E-state index contributed by atoms with van der Waals surface area (Å²) in [5.41, 5.74) is 8.20. The smallest absolute Gasteiger partial charge is 0.0642 e. The predicted molar refractivity (Wildman–Crippen MR) is 81.4 cm³/mol. The molecule has 1 aromatic carbocycles. The average molecular weight is 269 g/mol. The molecule has 0 aliphatic heterocycles. The van der Waals surface area contributed by atoms with Crippen molar-refractivity contribution in [2.45, 2.75) is 46.7 Å². The van der Waals surface area contributed by atoms with E-state index < -0.39 is 0 Å². The van der Waals surface area contributed by atoms with Crippen LogP contribution in [0.15, 0.2) is 18.2 Å². The number of nitrogens with two attached hydrogens (primary N) is 1. The lowest BCUT2D eigenvalue weighted by Gasteiger charge is -2.37. The molecule has 18 heavy (non-hydrogen) atoms. The molecule has 2 N–H and O–H groups in total. The van der Waals surface area contributed by atoms with Crippen LogP contribution in [-0.4, -0.2) is 13.1 Å². The maximum atomic E-state index is 6.37. The van der Waals surface area contributed by atoms with Gasteiger partial charge in [0, 0.05) is 19.1 Å². The van der Waals surface area contributed by atoms with Gasteiger partial charge in [0.15, 0.2) is 0 Å². The molecular weight excluding hydrogens is 244 g/mol. The minimum atomic E-state index is 0.0156. The van der Waals surface area contributed by atoms with Crippen LogP contribution in [-0.2, 0) is 0 Å². The fourth-order valence-electron chi connectivity index (χ4n) is 1.88. The average Bonchev–Trinajstić information content (AvgIpc) is 2.25. The zero-order chi connectivity index (χ0) is 14.1. The van der Waals surface area contributed by atoms with Gasteiger partial charge in [0.05, 0.1) is 10.7 Å². The van der Waals surface area contributed by atoms with Gasteiger partial charge in [-0.25, -0.2) is 0 Å². The van der Waals surface area contributed by atoms with Gasteiger partial charge in [0.2, 0.25) is 0 Å². The van der Waals surface area contributed by atoms with Crippen LogP contribution in [0.4, 0.5) is 5.69 Å². The number of hydrogen-bond acceptors (Lipinski definition) is 2. The quantitative estimate of drug-likeness (QED) is 0.889. The SMILES string of the molecule is CC(N)c1ccc(N(C)C(C)C(C)(C)C)c(Cl)c1. The summed E-state index contributed by atoms with van der Waals surface area (Å²) in [5, 5.41) is 0.767. The van der Waals surface area contributed by atoms with Gasteiger partial charge in [-0.1, -0.05) is 38.4 Å². The van der Waals surface area contributed by atoms with E-state index in [-0.39, 0.29) is 11.5 Å². The monoisotopic (exact) mass is 268 g/mol. The van der Waals surface area contributed by atoms with Crippen molar-refractivity contribution in [2.24, 2.45) is 11.1 Å². The molecule has 0 aliphatic carbocycles. The number of nitrogens with zero attached hydrogens (tertiary/aromatic N) is 1. The predicted octanol–water partition coefficient (Wildman–Crippen LogP) is 4.23. The molecule has 0 heterocycles. The van der Waals surface area contributed by atoms with Crippen molar-refractivity contribution in [1.29, 1.82) is 0 Å². The molecular formula is C15H25ClN2. The second-order valence-electron chi connectivity index (χ2n) is 6.15. The summed E-state index contributed by atoms with van der Waals surface area (Å²) in [6.45, 7) is 10.9. The third-order valence-corrected chi connectivity index (χ3v) is 4.01. The van der Waals surface area contributed by atoms with E-state index in [1.54, 1.807) is 0 Å². The molecule has 2 atom stereocenters. The molecule has 0 aliphatic rings. The Bertz CT molecular complexity index is 407. The van der Waals surface area contributed by atoms with Crippen LogP contribution in [0.25, 0.3) is 0 Å². The van der Waals surface area contributed by atoms with E-state index in [9.17, 15) is 0 Å². The van der Waals surface area contributed by atoms with Crippen LogP contribution < -0.4 is 10.6 Å². The molecule has 2 nitrogen and oxygen atoms in total. The summed E-state index contributed by atoms with van der Waals surface area (Å²) in [5.74, 6) is 0. The Hall–Kier alpha value is -0.730. The molecule has 0 saturated carbocycles. The molecule has 102 valence electrons. The minimum absolute atomic E-state index is 0.0156. The fraction of sp³-hybridized carbons (Fsp3) is 0.600. The Balaban J connectivity index is 3.04. The molecule has 3 heteroatoms. The van der Waals surface area contributed by atoms with Gasteiger partial charge in [0.1, 0.15) is 0 Å². The Labute approximate surface area is 116 Å². The summed E-state index contributed by atoms with van der Waals surface area (Å²) in [6.07, 6.45) is 0. The number of benzene rings is 1. The topological polar surface area (TPSA) is 29.3 Å². The highest BCUT2D eigenvalue weighted by Crippen LogP contribution is 2.33. The highest BCUT2D eigenvalue weighted by atomic mass is 35.5. The largest absolute Gasteiger partial charge is 0.370 e. The molecule has 1 aromatic rings. The van der Waals surface area contributed by atoms with E-state index in [2.05, 4.69) is 51.8 Å².